The van der Waals surface area contributed by atoms with E-state index in [9.17, 15) is 9.59 Å². The van der Waals surface area contributed by atoms with E-state index in [4.69, 9.17) is 37.9 Å². The zero-order valence-electron chi connectivity index (χ0n) is 41.5. The molecule has 0 aromatic carbocycles. The summed E-state index contributed by atoms with van der Waals surface area (Å²) < 4.78 is 45.4. The van der Waals surface area contributed by atoms with Crippen LogP contribution in [0.3, 0.4) is 0 Å². The first-order chi connectivity index (χ1) is 30.0. The van der Waals surface area contributed by atoms with Crippen molar-refractivity contribution in [3.8, 4) is 0 Å². The van der Waals surface area contributed by atoms with E-state index in [-0.39, 0.29) is 24.9 Å². The van der Waals surface area contributed by atoms with Crippen molar-refractivity contribution in [3.63, 3.8) is 0 Å². The molecule has 0 saturated carbocycles. The lowest BCUT2D eigenvalue weighted by molar-refractivity contribution is -0.0662. The van der Waals surface area contributed by atoms with Crippen LogP contribution in [-0.4, -0.2) is 116 Å². The molecule has 0 aromatic rings. The summed E-state index contributed by atoms with van der Waals surface area (Å²) in [6, 6.07) is 0. The lowest BCUT2D eigenvalue weighted by atomic mass is 10.0. The predicted octanol–water partition coefficient (Wildman–Crippen LogP) is 12.3. The van der Waals surface area contributed by atoms with E-state index in [1.165, 1.54) is 135 Å². The van der Waals surface area contributed by atoms with E-state index in [0.717, 1.165) is 25.7 Å². The maximum atomic E-state index is 12.4. The topological polar surface area (TPSA) is 132 Å². The number of alkyl carbamates (subject to hydrolysis) is 2. The fraction of sp³-hybridized carbons (Fsp3) is 0.960. The van der Waals surface area contributed by atoms with Gasteiger partial charge >= 0.3 is 12.2 Å². The Bertz CT molecular complexity index is 970. The summed E-state index contributed by atoms with van der Waals surface area (Å²) in [5.74, 6) is 0. The monoisotopic (exact) mass is 889 g/mol. The van der Waals surface area contributed by atoms with E-state index in [1.807, 2.05) is 27.7 Å². The molecule has 0 rings (SSSR count). The Morgan fingerprint density at radius 1 is 0.435 bits per heavy atom. The summed E-state index contributed by atoms with van der Waals surface area (Å²) in [5, 5.41) is 5.43. The number of carbonyl (C=O) groups excluding carboxylic acids is 2. The Hall–Kier alpha value is -1.70. The van der Waals surface area contributed by atoms with E-state index in [1.54, 1.807) is 7.11 Å². The van der Waals surface area contributed by atoms with E-state index < -0.39 is 17.8 Å². The average molecular weight is 889 g/mol. The average Bonchev–Trinajstić information content (AvgIpc) is 3.24. The highest BCUT2D eigenvalue weighted by Gasteiger charge is 2.22. The SMILES string of the molecule is CCCCCCCCCCCCCCOCC(COC(=O)NCCOCCOCCNC(=O)OCCC(C)(C)OCCC(C)(C)OC)OCCCCCCCCCCCCCC. The number of carbonyl (C=O) groups is 2. The molecular weight excluding hydrogens is 789 g/mol. The first kappa shape index (κ1) is 60.3. The molecule has 2 amide bonds. The summed E-state index contributed by atoms with van der Waals surface area (Å²) in [6.07, 6.45) is 31.5. The highest BCUT2D eigenvalue weighted by molar-refractivity contribution is 5.67. The van der Waals surface area contributed by atoms with Crippen molar-refractivity contribution in [2.45, 2.75) is 226 Å². The van der Waals surface area contributed by atoms with Gasteiger partial charge in [0, 0.05) is 39.8 Å². The minimum absolute atomic E-state index is 0.152. The largest absolute Gasteiger partial charge is 0.449 e. The normalized spacial score (nSPS) is 12.4. The van der Waals surface area contributed by atoms with Gasteiger partial charge in [-0.3, -0.25) is 0 Å². The van der Waals surface area contributed by atoms with E-state index >= 15 is 0 Å². The number of rotatable bonds is 48. The van der Waals surface area contributed by atoms with Crippen molar-refractivity contribution in [3.05, 3.63) is 0 Å². The minimum Gasteiger partial charge on any atom is -0.449 e. The van der Waals surface area contributed by atoms with Gasteiger partial charge in [-0.2, -0.15) is 0 Å². The van der Waals surface area contributed by atoms with Crippen LogP contribution in [0.2, 0.25) is 0 Å². The molecule has 0 saturated heterocycles. The molecule has 0 spiro atoms. The molecule has 0 fully saturated rings. The Labute approximate surface area is 381 Å². The molecule has 12 heteroatoms. The molecular formula is C50H100N2O10. The molecule has 0 aromatic heterocycles. The van der Waals surface area contributed by atoms with Crippen LogP contribution < -0.4 is 10.6 Å². The third-order valence-electron chi connectivity index (χ3n) is 11.3. The number of unbranched alkanes of at least 4 members (excludes halogenated alkanes) is 22. The fourth-order valence-corrected chi connectivity index (χ4v) is 6.78. The van der Waals surface area contributed by atoms with Gasteiger partial charge in [0.25, 0.3) is 0 Å². The Morgan fingerprint density at radius 2 is 0.855 bits per heavy atom. The van der Waals surface area contributed by atoms with Crippen molar-refractivity contribution in [2.75, 3.05) is 86.3 Å². The number of hydrogen-bond donors (Lipinski definition) is 2. The molecule has 0 aliphatic carbocycles. The predicted molar refractivity (Wildman–Crippen MR) is 253 cm³/mol. The van der Waals surface area contributed by atoms with Crippen LogP contribution in [0, 0.1) is 0 Å². The van der Waals surface area contributed by atoms with Gasteiger partial charge in [-0.15, -0.1) is 0 Å². The molecule has 12 nitrogen and oxygen atoms in total. The lowest BCUT2D eigenvalue weighted by Crippen LogP contribution is -2.33. The molecule has 0 heterocycles. The van der Waals surface area contributed by atoms with Crippen LogP contribution in [0.4, 0.5) is 9.59 Å². The summed E-state index contributed by atoms with van der Waals surface area (Å²) in [6.45, 7) is 17.3. The van der Waals surface area contributed by atoms with Crippen molar-refractivity contribution >= 4 is 12.2 Å². The van der Waals surface area contributed by atoms with Crippen molar-refractivity contribution < 1.29 is 47.5 Å². The first-order valence-electron chi connectivity index (χ1n) is 25.4. The third-order valence-corrected chi connectivity index (χ3v) is 11.3. The van der Waals surface area contributed by atoms with Crippen LogP contribution >= 0.6 is 0 Å². The Balaban J connectivity index is 4.13. The smallest absolute Gasteiger partial charge is 0.407 e. The summed E-state index contributed by atoms with van der Waals surface area (Å²) in [7, 11) is 1.70. The molecule has 2 N–H and O–H groups in total. The first-order valence-corrected chi connectivity index (χ1v) is 25.4. The van der Waals surface area contributed by atoms with Crippen molar-refractivity contribution in [1.29, 1.82) is 0 Å². The standard InChI is InChI=1S/C50H100N2O10/c1-8-10-12-14-16-18-20-22-24-26-28-30-36-58-44-46(59-37-31-29-27-25-23-21-19-17-15-13-11-9-2)45-61-48(54)52-35-41-57-43-42-56-40-34-51-47(53)60-38-32-50(5,6)62-39-33-49(3,4)55-7/h46H,8-45H2,1-7H3,(H,51,53)(H,52,54). The number of ether oxygens (including phenoxy) is 8. The zero-order chi connectivity index (χ0) is 45.7. The molecule has 1 atom stereocenters. The highest BCUT2D eigenvalue weighted by atomic mass is 16.6. The maximum absolute atomic E-state index is 12.4. The second-order valence-electron chi connectivity index (χ2n) is 18.2. The lowest BCUT2D eigenvalue weighted by Gasteiger charge is -2.28. The van der Waals surface area contributed by atoms with Gasteiger partial charge in [-0.1, -0.05) is 155 Å². The number of methoxy groups -OCH3 is 1. The fourth-order valence-electron chi connectivity index (χ4n) is 6.78. The minimum atomic E-state index is -0.495. The Kier molecular flexibility index (Phi) is 43.3. The van der Waals surface area contributed by atoms with Crippen LogP contribution in [0.1, 0.15) is 208 Å². The van der Waals surface area contributed by atoms with Crippen molar-refractivity contribution in [1.82, 2.24) is 10.6 Å². The number of amides is 2. The summed E-state index contributed by atoms with van der Waals surface area (Å²) in [5.41, 5.74) is -0.645. The van der Waals surface area contributed by atoms with Gasteiger partial charge in [-0.25, -0.2) is 9.59 Å². The third kappa shape index (κ3) is 44.9. The van der Waals surface area contributed by atoms with Crippen LogP contribution in [0.25, 0.3) is 0 Å². The molecule has 370 valence electrons. The van der Waals surface area contributed by atoms with E-state index in [2.05, 4.69) is 24.5 Å². The van der Waals surface area contributed by atoms with Gasteiger partial charge in [0.2, 0.25) is 0 Å². The Morgan fingerprint density at radius 3 is 1.32 bits per heavy atom. The molecule has 0 aliphatic heterocycles. The van der Waals surface area contributed by atoms with Crippen molar-refractivity contribution in [2.24, 2.45) is 0 Å². The summed E-state index contributed by atoms with van der Waals surface area (Å²) in [4.78, 5) is 24.5. The zero-order valence-corrected chi connectivity index (χ0v) is 41.5. The molecule has 1 unspecified atom stereocenters. The van der Waals surface area contributed by atoms with Gasteiger partial charge in [0.1, 0.15) is 12.7 Å². The number of hydrogen-bond acceptors (Lipinski definition) is 10. The van der Waals surface area contributed by atoms with Gasteiger partial charge in [0.05, 0.1) is 57.5 Å². The maximum Gasteiger partial charge on any atom is 0.407 e. The molecule has 0 bridgehead atoms. The second-order valence-corrected chi connectivity index (χ2v) is 18.2. The highest BCUT2D eigenvalue weighted by Crippen LogP contribution is 2.19. The quantitative estimate of drug-likeness (QED) is 0.0569. The van der Waals surface area contributed by atoms with Crippen LogP contribution in [0.5, 0.6) is 0 Å². The second kappa shape index (κ2) is 44.5. The number of nitrogens with one attached hydrogen (secondary N) is 2. The van der Waals surface area contributed by atoms with Gasteiger partial charge in [0.15, 0.2) is 0 Å². The van der Waals surface area contributed by atoms with Gasteiger partial charge in [-0.05, 0) is 47.0 Å². The van der Waals surface area contributed by atoms with Crippen LogP contribution in [0.15, 0.2) is 0 Å². The molecule has 0 aliphatic rings. The van der Waals surface area contributed by atoms with Crippen LogP contribution in [-0.2, 0) is 37.9 Å². The van der Waals surface area contributed by atoms with Gasteiger partial charge < -0.3 is 48.5 Å². The molecule has 62 heavy (non-hydrogen) atoms. The molecule has 0 radical (unpaired) electrons. The van der Waals surface area contributed by atoms with E-state index in [0.29, 0.717) is 72.4 Å². The summed E-state index contributed by atoms with van der Waals surface area (Å²) >= 11 is 0.